The van der Waals surface area contributed by atoms with Crippen LogP contribution in [0.15, 0.2) is 17.2 Å². The third-order valence-electron chi connectivity index (χ3n) is 1.74. The number of hydrogen-bond donors (Lipinski definition) is 1. The van der Waals surface area contributed by atoms with Crippen LogP contribution in [0.3, 0.4) is 0 Å². The van der Waals surface area contributed by atoms with Gasteiger partial charge in [0.05, 0.1) is 23.5 Å². The van der Waals surface area contributed by atoms with Gasteiger partial charge in [0.1, 0.15) is 0 Å². The van der Waals surface area contributed by atoms with E-state index in [1.165, 1.54) is 19.2 Å². The van der Waals surface area contributed by atoms with Crippen molar-refractivity contribution in [1.82, 2.24) is 4.98 Å². The number of carbonyl (C=O) groups excluding carboxylic acids is 1. The van der Waals surface area contributed by atoms with E-state index >= 15 is 0 Å². The van der Waals surface area contributed by atoms with Crippen molar-refractivity contribution in [2.45, 2.75) is 11.9 Å². The van der Waals surface area contributed by atoms with E-state index in [1.54, 1.807) is 6.92 Å². The van der Waals surface area contributed by atoms with Crippen molar-refractivity contribution < 1.29 is 19.4 Å². The van der Waals surface area contributed by atoms with Gasteiger partial charge in [-0.05, 0) is 19.1 Å². The third-order valence-corrected chi connectivity index (χ3v) is 2.63. The predicted octanol–water partition coefficient (Wildman–Crippen LogP) is 1.35. The Morgan fingerprint density at radius 1 is 1.50 bits per heavy atom. The Kier molecular flexibility index (Phi) is 4.30. The molecule has 0 bridgehead atoms. The number of aromatic carboxylic acids is 1. The molecule has 6 heteroatoms. The van der Waals surface area contributed by atoms with Crippen LogP contribution in [0.5, 0.6) is 0 Å². The van der Waals surface area contributed by atoms with Gasteiger partial charge in [0.15, 0.2) is 0 Å². The summed E-state index contributed by atoms with van der Waals surface area (Å²) in [4.78, 5) is 25.8. The van der Waals surface area contributed by atoms with Gasteiger partial charge in [-0.3, -0.25) is 4.79 Å². The van der Waals surface area contributed by atoms with Gasteiger partial charge in [-0.25, -0.2) is 9.78 Å². The number of esters is 1. The Morgan fingerprint density at radius 3 is 2.75 bits per heavy atom. The molecule has 16 heavy (non-hydrogen) atoms. The molecular formula is C10H11NO4S. The molecule has 0 saturated heterocycles. The van der Waals surface area contributed by atoms with Crippen LogP contribution >= 0.6 is 11.8 Å². The van der Waals surface area contributed by atoms with E-state index in [4.69, 9.17) is 5.11 Å². The summed E-state index contributed by atoms with van der Waals surface area (Å²) in [6, 6.07) is 2.91. The first-order valence-electron chi connectivity index (χ1n) is 4.44. The van der Waals surface area contributed by atoms with Crippen LogP contribution in [0.4, 0.5) is 0 Å². The molecule has 0 amide bonds. The van der Waals surface area contributed by atoms with Gasteiger partial charge in [-0.15, -0.1) is 0 Å². The highest BCUT2D eigenvalue weighted by atomic mass is 32.2. The Bertz CT molecular complexity index is 419. The van der Waals surface area contributed by atoms with E-state index in [2.05, 4.69) is 9.72 Å². The Labute approximate surface area is 96.8 Å². The van der Waals surface area contributed by atoms with Gasteiger partial charge >= 0.3 is 11.9 Å². The number of aryl methyl sites for hydroxylation is 1. The normalized spacial score (nSPS) is 9.88. The number of methoxy groups -OCH3 is 1. The first kappa shape index (κ1) is 12.5. The predicted molar refractivity (Wildman–Crippen MR) is 58.7 cm³/mol. The number of carboxylic acid groups (broad SMARTS) is 1. The minimum atomic E-state index is -1.01. The zero-order chi connectivity index (χ0) is 12.1. The standard InChI is InChI=1S/C10H11NO4S/c1-6-3-7(10(13)14)4-8(11-6)16-5-9(12)15-2/h3-4H,5H2,1-2H3,(H,13,14). The number of ether oxygens (including phenoxy) is 1. The number of hydrogen-bond acceptors (Lipinski definition) is 5. The fourth-order valence-corrected chi connectivity index (χ4v) is 1.83. The van der Waals surface area contributed by atoms with E-state index < -0.39 is 5.97 Å². The average Bonchev–Trinajstić information content (AvgIpc) is 2.25. The minimum Gasteiger partial charge on any atom is -0.478 e. The van der Waals surface area contributed by atoms with Crippen molar-refractivity contribution in [3.05, 3.63) is 23.4 Å². The van der Waals surface area contributed by atoms with Crippen LogP contribution in [0.2, 0.25) is 0 Å². The zero-order valence-corrected chi connectivity index (χ0v) is 9.71. The molecule has 0 aliphatic rings. The Morgan fingerprint density at radius 2 is 2.19 bits per heavy atom. The lowest BCUT2D eigenvalue weighted by atomic mass is 10.2. The highest BCUT2D eigenvalue weighted by Crippen LogP contribution is 2.18. The molecule has 1 aromatic rings. The molecule has 0 unspecified atom stereocenters. The molecule has 0 fully saturated rings. The van der Waals surface area contributed by atoms with Crippen molar-refractivity contribution in [1.29, 1.82) is 0 Å². The number of rotatable bonds is 4. The molecule has 0 atom stereocenters. The molecule has 1 heterocycles. The minimum absolute atomic E-state index is 0.117. The van der Waals surface area contributed by atoms with Crippen LogP contribution in [0.1, 0.15) is 16.1 Å². The molecule has 0 radical (unpaired) electrons. The molecule has 5 nitrogen and oxygen atoms in total. The van der Waals surface area contributed by atoms with E-state index in [-0.39, 0.29) is 17.3 Å². The molecule has 1 N–H and O–H groups in total. The molecular weight excluding hydrogens is 230 g/mol. The quantitative estimate of drug-likeness (QED) is 0.633. The molecule has 0 saturated carbocycles. The Hall–Kier alpha value is -1.56. The van der Waals surface area contributed by atoms with Crippen LogP contribution in [-0.2, 0) is 9.53 Å². The van der Waals surface area contributed by atoms with Crippen LogP contribution in [0, 0.1) is 6.92 Å². The smallest absolute Gasteiger partial charge is 0.335 e. The molecule has 0 aliphatic heterocycles. The molecule has 0 aromatic carbocycles. The number of pyridine rings is 1. The van der Waals surface area contributed by atoms with E-state index in [0.29, 0.717) is 10.7 Å². The third kappa shape index (κ3) is 3.54. The number of aromatic nitrogens is 1. The van der Waals surface area contributed by atoms with Gasteiger partial charge in [0, 0.05) is 5.69 Å². The fourth-order valence-electron chi connectivity index (χ4n) is 1.03. The summed E-state index contributed by atoms with van der Waals surface area (Å²) >= 11 is 1.15. The Balaban J connectivity index is 2.80. The van der Waals surface area contributed by atoms with Crippen molar-refractivity contribution in [3.63, 3.8) is 0 Å². The molecule has 86 valence electrons. The van der Waals surface area contributed by atoms with Gasteiger partial charge in [0.25, 0.3) is 0 Å². The maximum Gasteiger partial charge on any atom is 0.335 e. The zero-order valence-electron chi connectivity index (χ0n) is 8.89. The average molecular weight is 241 g/mol. The van der Waals surface area contributed by atoms with E-state index in [0.717, 1.165) is 11.8 Å². The number of nitrogens with zero attached hydrogens (tertiary/aromatic N) is 1. The SMILES string of the molecule is COC(=O)CSc1cc(C(=O)O)cc(C)n1. The van der Waals surface area contributed by atoms with Gasteiger partial charge < -0.3 is 9.84 Å². The lowest BCUT2D eigenvalue weighted by molar-refractivity contribution is -0.137. The second-order valence-corrected chi connectivity index (χ2v) is 4.00. The first-order valence-corrected chi connectivity index (χ1v) is 5.43. The summed E-state index contributed by atoms with van der Waals surface area (Å²) in [6.45, 7) is 1.70. The number of carboxylic acids is 1. The van der Waals surface area contributed by atoms with Gasteiger partial charge in [-0.1, -0.05) is 11.8 Å². The van der Waals surface area contributed by atoms with Crippen LogP contribution in [0.25, 0.3) is 0 Å². The number of carbonyl (C=O) groups is 2. The highest BCUT2D eigenvalue weighted by Gasteiger charge is 2.08. The second-order valence-electron chi connectivity index (χ2n) is 3.01. The van der Waals surface area contributed by atoms with Gasteiger partial charge in [-0.2, -0.15) is 0 Å². The molecule has 0 aliphatic carbocycles. The monoisotopic (exact) mass is 241 g/mol. The van der Waals surface area contributed by atoms with E-state index in [9.17, 15) is 9.59 Å². The largest absolute Gasteiger partial charge is 0.478 e. The molecule has 1 rings (SSSR count). The molecule has 0 spiro atoms. The summed E-state index contributed by atoms with van der Waals surface area (Å²) in [5, 5.41) is 9.33. The number of thioether (sulfide) groups is 1. The maximum absolute atomic E-state index is 10.9. The van der Waals surface area contributed by atoms with Gasteiger partial charge in [0.2, 0.25) is 0 Å². The van der Waals surface area contributed by atoms with Crippen molar-refractivity contribution >= 4 is 23.7 Å². The highest BCUT2D eigenvalue weighted by molar-refractivity contribution is 7.99. The van der Waals surface area contributed by atoms with Crippen LogP contribution < -0.4 is 0 Å². The summed E-state index contributed by atoms with van der Waals surface area (Å²) < 4.78 is 4.48. The lowest BCUT2D eigenvalue weighted by Gasteiger charge is -2.03. The summed E-state index contributed by atoms with van der Waals surface area (Å²) in [5.41, 5.74) is 0.770. The topological polar surface area (TPSA) is 76.5 Å². The van der Waals surface area contributed by atoms with Crippen LogP contribution in [-0.4, -0.2) is 34.9 Å². The summed E-state index contributed by atoms with van der Waals surface area (Å²) in [7, 11) is 1.30. The maximum atomic E-state index is 10.9. The summed E-state index contributed by atoms with van der Waals surface area (Å²) in [6.07, 6.45) is 0. The van der Waals surface area contributed by atoms with Crippen molar-refractivity contribution in [2.24, 2.45) is 0 Å². The first-order chi connectivity index (χ1) is 7.52. The lowest BCUT2D eigenvalue weighted by Crippen LogP contribution is -2.04. The fraction of sp³-hybridized carbons (Fsp3) is 0.300. The van der Waals surface area contributed by atoms with Crippen molar-refractivity contribution in [2.75, 3.05) is 12.9 Å². The van der Waals surface area contributed by atoms with Crippen molar-refractivity contribution in [3.8, 4) is 0 Å². The summed E-state index contributed by atoms with van der Waals surface area (Å²) in [5.74, 6) is -1.26. The second kappa shape index (κ2) is 5.50. The van der Waals surface area contributed by atoms with E-state index in [1.807, 2.05) is 0 Å². The molecule has 1 aromatic heterocycles.